The van der Waals surface area contributed by atoms with Crippen LogP contribution in [-0.2, 0) is 0 Å². The van der Waals surface area contributed by atoms with Gasteiger partial charge in [0.15, 0.2) is 0 Å². The van der Waals surface area contributed by atoms with Gasteiger partial charge in [0.05, 0.1) is 11.2 Å². The van der Waals surface area contributed by atoms with Crippen molar-refractivity contribution in [2.75, 3.05) is 13.6 Å². The molecule has 4 heteroatoms. The molecule has 0 fully saturated rings. The molecular weight excluding hydrogens is 254 g/mol. The van der Waals surface area contributed by atoms with E-state index in [4.69, 9.17) is 4.74 Å². The maximum Gasteiger partial charge on any atom is 0.257 e. The smallest absolute Gasteiger partial charge is 0.257 e. The standard InChI is InChI=1S/C16H23NO3/c1-10-11(2)20-14-12(10)7-6-8-13(14)15(18)17(5)9-16(3,4)19/h6-8,10-11,19H,9H2,1-5H3. The number of fused-ring (bicyclic) bond motifs is 1. The second kappa shape index (κ2) is 5.09. The van der Waals surface area contributed by atoms with E-state index < -0.39 is 5.60 Å². The van der Waals surface area contributed by atoms with Crippen molar-refractivity contribution in [2.45, 2.75) is 45.3 Å². The molecule has 0 spiro atoms. The zero-order valence-electron chi connectivity index (χ0n) is 12.8. The van der Waals surface area contributed by atoms with Gasteiger partial charge in [0.1, 0.15) is 11.9 Å². The number of para-hydroxylation sites is 1. The summed E-state index contributed by atoms with van der Waals surface area (Å²) in [5.74, 6) is 0.864. The average molecular weight is 277 g/mol. The number of carbonyl (C=O) groups excluding carboxylic acids is 1. The van der Waals surface area contributed by atoms with Gasteiger partial charge < -0.3 is 14.7 Å². The van der Waals surface area contributed by atoms with Gasteiger partial charge in [-0.05, 0) is 26.8 Å². The van der Waals surface area contributed by atoms with Gasteiger partial charge >= 0.3 is 0 Å². The highest BCUT2D eigenvalue weighted by Crippen LogP contribution is 2.40. The van der Waals surface area contributed by atoms with Gasteiger partial charge in [-0.25, -0.2) is 0 Å². The first-order valence-electron chi connectivity index (χ1n) is 6.98. The molecular formula is C16H23NO3. The van der Waals surface area contributed by atoms with E-state index >= 15 is 0 Å². The van der Waals surface area contributed by atoms with Crippen LogP contribution in [0.2, 0.25) is 0 Å². The largest absolute Gasteiger partial charge is 0.489 e. The van der Waals surface area contributed by atoms with Crippen LogP contribution in [0.1, 0.15) is 49.5 Å². The molecule has 0 bridgehead atoms. The van der Waals surface area contributed by atoms with Gasteiger partial charge in [-0.15, -0.1) is 0 Å². The molecule has 1 amide bonds. The topological polar surface area (TPSA) is 49.8 Å². The highest BCUT2D eigenvalue weighted by molar-refractivity contribution is 5.97. The van der Waals surface area contributed by atoms with Crippen molar-refractivity contribution >= 4 is 5.91 Å². The number of benzene rings is 1. The number of aliphatic hydroxyl groups is 1. The van der Waals surface area contributed by atoms with E-state index in [1.807, 2.05) is 19.1 Å². The van der Waals surface area contributed by atoms with Gasteiger partial charge in [0.2, 0.25) is 0 Å². The monoisotopic (exact) mass is 277 g/mol. The van der Waals surface area contributed by atoms with E-state index in [1.165, 1.54) is 4.90 Å². The van der Waals surface area contributed by atoms with Crippen molar-refractivity contribution in [3.8, 4) is 5.75 Å². The molecule has 1 aromatic rings. The summed E-state index contributed by atoms with van der Waals surface area (Å²) < 4.78 is 5.84. The van der Waals surface area contributed by atoms with Crippen molar-refractivity contribution < 1.29 is 14.6 Å². The first-order valence-corrected chi connectivity index (χ1v) is 6.98. The molecule has 20 heavy (non-hydrogen) atoms. The summed E-state index contributed by atoms with van der Waals surface area (Å²) in [7, 11) is 1.70. The van der Waals surface area contributed by atoms with Crippen LogP contribution in [-0.4, -0.2) is 41.2 Å². The van der Waals surface area contributed by atoms with Crippen LogP contribution in [0.25, 0.3) is 0 Å². The highest BCUT2D eigenvalue weighted by Gasteiger charge is 2.32. The second-order valence-electron chi connectivity index (χ2n) is 6.31. The fourth-order valence-electron chi connectivity index (χ4n) is 2.61. The Labute approximate surface area is 120 Å². The van der Waals surface area contributed by atoms with Gasteiger partial charge in [-0.1, -0.05) is 19.1 Å². The van der Waals surface area contributed by atoms with E-state index in [0.717, 1.165) is 5.56 Å². The first-order chi connectivity index (χ1) is 9.20. The summed E-state index contributed by atoms with van der Waals surface area (Å²) in [4.78, 5) is 14.1. The third kappa shape index (κ3) is 2.80. The van der Waals surface area contributed by atoms with E-state index in [9.17, 15) is 9.90 Å². The fraction of sp³-hybridized carbons (Fsp3) is 0.562. The Balaban J connectivity index is 2.29. The van der Waals surface area contributed by atoms with Crippen molar-refractivity contribution in [2.24, 2.45) is 0 Å². The van der Waals surface area contributed by atoms with Crippen LogP contribution in [0.15, 0.2) is 18.2 Å². The number of ether oxygens (including phenoxy) is 1. The Morgan fingerprint density at radius 3 is 2.65 bits per heavy atom. The molecule has 0 radical (unpaired) electrons. The number of amides is 1. The lowest BCUT2D eigenvalue weighted by atomic mass is 9.96. The number of nitrogens with zero attached hydrogens (tertiary/aromatic N) is 1. The highest BCUT2D eigenvalue weighted by atomic mass is 16.5. The summed E-state index contributed by atoms with van der Waals surface area (Å²) in [6, 6.07) is 5.69. The van der Waals surface area contributed by atoms with Crippen LogP contribution in [0, 0.1) is 0 Å². The van der Waals surface area contributed by atoms with E-state index in [1.54, 1.807) is 27.0 Å². The number of likely N-dealkylation sites (N-methyl/N-ethyl adjacent to an activating group) is 1. The average Bonchev–Trinajstić information content (AvgIpc) is 2.62. The predicted molar refractivity (Wildman–Crippen MR) is 78.2 cm³/mol. The second-order valence-corrected chi connectivity index (χ2v) is 6.31. The Morgan fingerprint density at radius 1 is 1.40 bits per heavy atom. The molecule has 0 aromatic heterocycles. The van der Waals surface area contributed by atoms with Crippen molar-refractivity contribution in [1.29, 1.82) is 0 Å². The van der Waals surface area contributed by atoms with Crippen LogP contribution < -0.4 is 4.74 Å². The third-order valence-corrected chi connectivity index (χ3v) is 3.75. The third-order valence-electron chi connectivity index (χ3n) is 3.75. The van der Waals surface area contributed by atoms with E-state index in [0.29, 0.717) is 11.3 Å². The van der Waals surface area contributed by atoms with Gasteiger partial charge in [-0.2, -0.15) is 0 Å². The summed E-state index contributed by atoms with van der Waals surface area (Å²) >= 11 is 0. The first kappa shape index (κ1) is 14.9. The molecule has 1 aliphatic heterocycles. The number of carbonyl (C=O) groups is 1. The SMILES string of the molecule is CC1Oc2c(C(=O)N(C)CC(C)(C)O)cccc2C1C. The lowest BCUT2D eigenvalue weighted by molar-refractivity contribution is 0.0365. The molecule has 2 rings (SSSR count). The maximum atomic E-state index is 12.5. The van der Waals surface area contributed by atoms with Crippen molar-refractivity contribution in [3.05, 3.63) is 29.3 Å². The summed E-state index contributed by atoms with van der Waals surface area (Å²) in [5.41, 5.74) is 0.745. The molecule has 0 saturated heterocycles. The lowest BCUT2D eigenvalue weighted by Gasteiger charge is -2.26. The lowest BCUT2D eigenvalue weighted by Crippen LogP contribution is -2.39. The quantitative estimate of drug-likeness (QED) is 0.923. The molecule has 0 saturated carbocycles. The summed E-state index contributed by atoms with van der Waals surface area (Å²) in [6.07, 6.45) is 0.0820. The van der Waals surface area contributed by atoms with Crippen LogP contribution in [0.3, 0.4) is 0 Å². The van der Waals surface area contributed by atoms with Gasteiger partial charge in [-0.3, -0.25) is 4.79 Å². The molecule has 0 aliphatic carbocycles. The van der Waals surface area contributed by atoms with E-state index in [2.05, 4.69) is 6.92 Å². The molecule has 110 valence electrons. The Hall–Kier alpha value is -1.55. The minimum atomic E-state index is -0.913. The number of hydrogen-bond acceptors (Lipinski definition) is 3. The molecule has 1 heterocycles. The minimum Gasteiger partial charge on any atom is -0.489 e. The van der Waals surface area contributed by atoms with Gasteiger partial charge in [0.25, 0.3) is 5.91 Å². The van der Waals surface area contributed by atoms with Crippen LogP contribution in [0.5, 0.6) is 5.75 Å². The van der Waals surface area contributed by atoms with Crippen molar-refractivity contribution in [1.82, 2.24) is 4.90 Å². The Bertz CT molecular complexity index is 519. The molecule has 1 aromatic carbocycles. The molecule has 2 atom stereocenters. The maximum absolute atomic E-state index is 12.5. The zero-order valence-corrected chi connectivity index (χ0v) is 12.8. The molecule has 1 aliphatic rings. The predicted octanol–water partition coefficient (Wildman–Crippen LogP) is 2.41. The van der Waals surface area contributed by atoms with Crippen LogP contribution >= 0.6 is 0 Å². The fourth-order valence-corrected chi connectivity index (χ4v) is 2.61. The number of hydrogen-bond donors (Lipinski definition) is 1. The normalized spacial score (nSPS) is 21.3. The Morgan fingerprint density at radius 2 is 2.05 bits per heavy atom. The van der Waals surface area contributed by atoms with Crippen molar-refractivity contribution in [3.63, 3.8) is 0 Å². The van der Waals surface area contributed by atoms with Crippen LogP contribution in [0.4, 0.5) is 0 Å². The summed E-state index contributed by atoms with van der Waals surface area (Å²) in [5, 5.41) is 9.84. The zero-order chi connectivity index (χ0) is 15.1. The van der Waals surface area contributed by atoms with Gasteiger partial charge in [0, 0.05) is 25.1 Å². The summed E-state index contributed by atoms with van der Waals surface area (Å²) in [6.45, 7) is 7.77. The molecule has 4 nitrogen and oxygen atoms in total. The number of rotatable bonds is 3. The minimum absolute atomic E-state index is 0.0820. The van der Waals surface area contributed by atoms with E-state index in [-0.39, 0.29) is 24.5 Å². The molecule has 2 unspecified atom stereocenters. The Kier molecular flexibility index (Phi) is 3.78. The molecule has 1 N–H and O–H groups in total.